The highest BCUT2D eigenvalue weighted by Gasteiger charge is 2.34. The van der Waals surface area contributed by atoms with Crippen molar-refractivity contribution < 1.29 is 28.6 Å². The van der Waals surface area contributed by atoms with E-state index in [0.717, 1.165) is 0 Å². The Bertz CT molecular complexity index is 1020. The molecule has 2 aromatic rings. The number of hydrogen-bond acceptors (Lipinski definition) is 6. The van der Waals surface area contributed by atoms with Crippen LogP contribution in [0.5, 0.6) is 11.5 Å². The van der Waals surface area contributed by atoms with Gasteiger partial charge in [0.05, 0.1) is 23.9 Å². The quantitative estimate of drug-likeness (QED) is 0.382. The second-order valence-electron chi connectivity index (χ2n) is 6.33. The van der Waals surface area contributed by atoms with Gasteiger partial charge in [0.25, 0.3) is 11.8 Å². The molecule has 1 saturated heterocycles. The number of benzene rings is 2. The van der Waals surface area contributed by atoms with Crippen molar-refractivity contribution in [3.05, 3.63) is 58.6 Å². The Balaban J connectivity index is 1.88. The summed E-state index contributed by atoms with van der Waals surface area (Å²) < 4.78 is 15.9. The fraction of sp³-hybridized carbons (Fsp3) is 0.227. The standard InChI is InChI=1S/C22H21ClN2O6/c1-3-29-18-12-14(11-17(23)20(18)31-13-19(26)30-4-2)10-16-21(27)24-25(22(16)28)15-8-6-5-7-9-15/h5-12H,3-4,13H2,1-2H3,(H,24,27). The van der Waals surface area contributed by atoms with E-state index in [0.29, 0.717) is 17.9 Å². The highest BCUT2D eigenvalue weighted by Crippen LogP contribution is 2.37. The van der Waals surface area contributed by atoms with Gasteiger partial charge in [0, 0.05) is 0 Å². The fourth-order valence-electron chi connectivity index (χ4n) is 2.89. The van der Waals surface area contributed by atoms with E-state index in [4.69, 9.17) is 25.8 Å². The second-order valence-corrected chi connectivity index (χ2v) is 6.74. The summed E-state index contributed by atoms with van der Waals surface area (Å²) >= 11 is 6.33. The summed E-state index contributed by atoms with van der Waals surface area (Å²) in [6.07, 6.45) is 1.42. The highest BCUT2D eigenvalue weighted by atomic mass is 35.5. The number of esters is 1. The first-order valence-electron chi connectivity index (χ1n) is 9.61. The van der Waals surface area contributed by atoms with Crippen molar-refractivity contribution in [3.8, 4) is 11.5 Å². The molecule has 2 amide bonds. The number of ether oxygens (including phenoxy) is 3. The molecule has 1 fully saturated rings. The Labute approximate surface area is 184 Å². The van der Waals surface area contributed by atoms with Crippen LogP contribution < -0.4 is 19.9 Å². The first-order valence-corrected chi connectivity index (χ1v) is 9.99. The average Bonchev–Trinajstić information content (AvgIpc) is 3.02. The summed E-state index contributed by atoms with van der Waals surface area (Å²) in [5.41, 5.74) is 3.49. The lowest BCUT2D eigenvalue weighted by atomic mass is 10.1. The van der Waals surface area contributed by atoms with Crippen LogP contribution in [0.2, 0.25) is 5.02 Å². The summed E-state index contributed by atoms with van der Waals surface area (Å²) in [6, 6.07) is 11.9. The largest absolute Gasteiger partial charge is 0.490 e. The van der Waals surface area contributed by atoms with Crippen molar-refractivity contribution in [2.45, 2.75) is 13.8 Å². The Morgan fingerprint density at radius 1 is 1.10 bits per heavy atom. The smallest absolute Gasteiger partial charge is 0.344 e. The number of nitrogens with zero attached hydrogens (tertiary/aromatic N) is 1. The van der Waals surface area contributed by atoms with Gasteiger partial charge in [-0.1, -0.05) is 29.8 Å². The lowest BCUT2D eigenvalue weighted by molar-refractivity contribution is -0.145. The Morgan fingerprint density at radius 3 is 2.52 bits per heavy atom. The van der Waals surface area contributed by atoms with Gasteiger partial charge >= 0.3 is 5.97 Å². The van der Waals surface area contributed by atoms with Gasteiger partial charge in [0.15, 0.2) is 18.1 Å². The Morgan fingerprint density at radius 2 is 1.84 bits per heavy atom. The molecule has 0 spiro atoms. The fourth-order valence-corrected chi connectivity index (χ4v) is 3.16. The number of carbonyl (C=O) groups is 3. The van der Waals surface area contributed by atoms with E-state index in [9.17, 15) is 14.4 Å². The molecule has 3 rings (SSSR count). The zero-order valence-corrected chi connectivity index (χ0v) is 17.8. The van der Waals surface area contributed by atoms with E-state index in [1.807, 2.05) is 6.07 Å². The van der Waals surface area contributed by atoms with Crippen molar-refractivity contribution >= 4 is 41.1 Å². The van der Waals surface area contributed by atoms with Crippen LogP contribution in [0.1, 0.15) is 19.4 Å². The van der Waals surface area contributed by atoms with Crippen LogP contribution in [-0.4, -0.2) is 37.6 Å². The summed E-state index contributed by atoms with van der Waals surface area (Å²) in [7, 11) is 0. The van der Waals surface area contributed by atoms with Crippen LogP contribution in [0, 0.1) is 0 Å². The normalized spacial score (nSPS) is 14.5. The topological polar surface area (TPSA) is 94.2 Å². The molecule has 0 aromatic heterocycles. The number of anilines is 1. The summed E-state index contributed by atoms with van der Waals surface area (Å²) in [4.78, 5) is 36.7. The summed E-state index contributed by atoms with van der Waals surface area (Å²) in [5, 5.41) is 1.34. The van der Waals surface area contributed by atoms with Gasteiger partial charge in [-0.05, 0) is 49.8 Å². The number of hydrazine groups is 1. The van der Waals surface area contributed by atoms with Gasteiger partial charge in [0.2, 0.25) is 0 Å². The molecule has 31 heavy (non-hydrogen) atoms. The van der Waals surface area contributed by atoms with Gasteiger partial charge in [-0.2, -0.15) is 0 Å². The summed E-state index contributed by atoms with van der Waals surface area (Å²) in [5.74, 6) is -1.12. The number of halogens is 1. The lowest BCUT2D eigenvalue weighted by Crippen LogP contribution is -2.35. The molecule has 2 aromatic carbocycles. The predicted octanol–water partition coefficient (Wildman–Crippen LogP) is 3.14. The molecule has 0 bridgehead atoms. The van der Waals surface area contributed by atoms with Crippen molar-refractivity contribution in [2.24, 2.45) is 0 Å². The van der Waals surface area contributed by atoms with Crippen molar-refractivity contribution in [1.29, 1.82) is 0 Å². The van der Waals surface area contributed by atoms with Crippen LogP contribution in [-0.2, 0) is 19.1 Å². The lowest BCUT2D eigenvalue weighted by Gasteiger charge is -2.14. The number of rotatable bonds is 8. The molecule has 0 radical (unpaired) electrons. The molecule has 9 heteroatoms. The van der Waals surface area contributed by atoms with Crippen molar-refractivity contribution in [3.63, 3.8) is 0 Å². The second kappa shape index (κ2) is 9.99. The van der Waals surface area contributed by atoms with Crippen LogP contribution in [0.4, 0.5) is 5.69 Å². The van der Waals surface area contributed by atoms with E-state index < -0.39 is 17.8 Å². The Kier molecular flexibility index (Phi) is 7.15. The highest BCUT2D eigenvalue weighted by molar-refractivity contribution is 6.33. The van der Waals surface area contributed by atoms with Gasteiger partial charge < -0.3 is 14.2 Å². The minimum atomic E-state index is -0.540. The maximum Gasteiger partial charge on any atom is 0.344 e. The minimum absolute atomic E-state index is 0.0532. The van der Waals surface area contributed by atoms with Crippen molar-refractivity contribution in [1.82, 2.24) is 5.43 Å². The molecule has 0 saturated carbocycles. The SMILES string of the molecule is CCOC(=O)COc1c(Cl)cc(C=C2C(=O)NN(c3ccccc3)C2=O)cc1OCC. The van der Waals surface area contributed by atoms with Crippen LogP contribution >= 0.6 is 11.6 Å². The number of amides is 2. The van der Waals surface area contributed by atoms with Gasteiger partial charge in [-0.15, -0.1) is 0 Å². The number of hydrogen-bond donors (Lipinski definition) is 1. The number of carbonyl (C=O) groups excluding carboxylic acids is 3. The van der Waals surface area contributed by atoms with E-state index in [2.05, 4.69) is 5.43 Å². The van der Waals surface area contributed by atoms with Crippen LogP contribution in [0.15, 0.2) is 48.0 Å². The van der Waals surface area contributed by atoms with E-state index in [1.54, 1.807) is 44.2 Å². The molecular weight excluding hydrogens is 424 g/mol. The third-order valence-corrected chi connectivity index (χ3v) is 4.47. The molecular formula is C22H21ClN2O6. The molecule has 162 valence electrons. The summed E-state index contributed by atoms with van der Waals surface area (Å²) in [6.45, 7) is 3.68. The van der Waals surface area contributed by atoms with Gasteiger partial charge in [0.1, 0.15) is 5.57 Å². The van der Waals surface area contributed by atoms with Crippen LogP contribution in [0.25, 0.3) is 6.08 Å². The third kappa shape index (κ3) is 5.16. The molecule has 0 atom stereocenters. The van der Waals surface area contributed by atoms with E-state index >= 15 is 0 Å². The van der Waals surface area contributed by atoms with Crippen molar-refractivity contribution in [2.75, 3.05) is 24.8 Å². The molecule has 8 nitrogen and oxygen atoms in total. The molecule has 0 aliphatic carbocycles. The zero-order chi connectivity index (χ0) is 22.4. The third-order valence-electron chi connectivity index (χ3n) is 4.19. The monoisotopic (exact) mass is 444 g/mol. The molecule has 1 aliphatic rings. The van der Waals surface area contributed by atoms with E-state index in [1.165, 1.54) is 17.2 Å². The molecule has 1 heterocycles. The zero-order valence-electron chi connectivity index (χ0n) is 17.0. The first-order chi connectivity index (χ1) is 14.9. The van der Waals surface area contributed by atoms with E-state index in [-0.39, 0.29) is 35.3 Å². The maximum absolute atomic E-state index is 12.8. The number of para-hydroxylation sites is 1. The Hall–Kier alpha value is -3.52. The minimum Gasteiger partial charge on any atom is -0.490 e. The molecule has 1 aliphatic heterocycles. The molecule has 0 unspecified atom stereocenters. The maximum atomic E-state index is 12.8. The first kappa shape index (κ1) is 22.2. The van der Waals surface area contributed by atoms with Gasteiger partial charge in [-0.3, -0.25) is 15.0 Å². The number of nitrogens with one attached hydrogen (secondary N) is 1. The van der Waals surface area contributed by atoms with Crippen LogP contribution in [0.3, 0.4) is 0 Å². The predicted molar refractivity (Wildman–Crippen MR) is 115 cm³/mol. The average molecular weight is 445 g/mol. The molecule has 1 N–H and O–H groups in total. The van der Waals surface area contributed by atoms with Gasteiger partial charge in [-0.25, -0.2) is 9.80 Å².